The lowest BCUT2D eigenvalue weighted by Crippen LogP contribution is -2.42. The summed E-state index contributed by atoms with van der Waals surface area (Å²) in [7, 11) is 2.06. The molecule has 0 unspecified atom stereocenters. The molecular weight excluding hydrogens is 443 g/mol. The molecule has 0 atom stereocenters. The van der Waals surface area contributed by atoms with Gasteiger partial charge in [0.1, 0.15) is 0 Å². The molecule has 5 heteroatoms. The van der Waals surface area contributed by atoms with Crippen molar-refractivity contribution in [2.75, 3.05) is 29.9 Å². The lowest BCUT2D eigenvalue weighted by molar-refractivity contribution is 0.0986. The first kappa shape index (κ1) is 14.8. The van der Waals surface area contributed by atoms with Gasteiger partial charge in [0.15, 0.2) is 0 Å². The van der Waals surface area contributed by atoms with Crippen molar-refractivity contribution in [3.05, 3.63) is 56.1 Å². The van der Waals surface area contributed by atoms with Crippen LogP contribution in [-0.4, -0.2) is 26.0 Å². The van der Waals surface area contributed by atoms with Crippen LogP contribution in [0.3, 0.4) is 0 Å². The van der Waals surface area contributed by atoms with Crippen molar-refractivity contribution in [2.45, 2.75) is 0 Å². The number of para-hydroxylation sites is 2. The number of halogens is 2. The zero-order chi connectivity index (χ0) is 15.0. The van der Waals surface area contributed by atoms with Crippen LogP contribution in [0.1, 0.15) is 10.4 Å². The van der Waals surface area contributed by atoms with Crippen LogP contribution in [0.15, 0.2) is 46.9 Å². The van der Waals surface area contributed by atoms with Crippen molar-refractivity contribution < 1.29 is 4.79 Å². The Morgan fingerprint density at radius 2 is 1.86 bits per heavy atom. The van der Waals surface area contributed by atoms with Crippen LogP contribution in [0.5, 0.6) is 0 Å². The van der Waals surface area contributed by atoms with Crippen molar-refractivity contribution >= 4 is 55.8 Å². The van der Waals surface area contributed by atoms with Crippen LogP contribution in [0, 0.1) is 3.57 Å². The van der Waals surface area contributed by atoms with Gasteiger partial charge in [0.2, 0.25) is 0 Å². The van der Waals surface area contributed by atoms with Crippen LogP contribution < -0.4 is 9.80 Å². The normalized spacial score (nSPS) is 14.0. The number of likely N-dealkylation sites (N-methyl/N-ethyl adjacent to an activating group) is 1. The highest BCUT2D eigenvalue weighted by Gasteiger charge is 2.26. The van der Waals surface area contributed by atoms with Crippen molar-refractivity contribution in [3.63, 3.8) is 0 Å². The average molecular weight is 457 g/mol. The number of rotatable bonds is 1. The Kier molecular flexibility index (Phi) is 4.21. The van der Waals surface area contributed by atoms with E-state index in [0.717, 1.165) is 26.0 Å². The number of anilines is 2. The predicted molar refractivity (Wildman–Crippen MR) is 98.2 cm³/mol. The fourth-order valence-corrected chi connectivity index (χ4v) is 3.43. The van der Waals surface area contributed by atoms with Crippen molar-refractivity contribution in [1.29, 1.82) is 0 Å². The number of fused-ring (bicyclic) bond motifs is 1. The fraction of sp³-hybridized carbons (Fsp3) is 0.188. The van der Waals surface area contributed by atoms with Crippen LogP contribution in [0.4, 0.5) is 11.4 Å². The molecule has 0 fully saturated rings. The lowest BCUT2D eigenvalue weighted by Gasteiger charge is -2.35. The highest BCUT2D eigenvalue weighted by molar-refractivity contribution is 14.1. The Labute approximate surface area is 146 Å². The molecule has 0 N–H and O–H groups in total. The molecule has 108 valence electrons. The number of carbonyl (C=O) groups is 1. The molecular formula is C16H14BrIN2O. The molecule has 3 nitrogen and oxygen atoms in total. The lowest BCUT2D eigenvalue weighted by atomic mass is 10.1. The maximum atomic E-state index is 12.9. The third kappa shape index (κ3) is 2.81. The minimum Gasteiger partial charge on any atom is -0.371 e. The molecule has 21 heavy (non-hydrogen) atoms. The summed E-state index contributed by atoms with van der Waals surface area (Å²) in [5, 5.41) is 0. The molecule has 0 saturated carbocycles. The van der Waals surface area contributed by atoms with Gasteiger partial charge in [0.05, 0.1) is 16.9 Å². The van der Waals surface area contributed by atoms with Crippen molar-refractivity contribution in [1.82, 2.24) is 0 Å². The predicted octanol–water partition coefficient (Wildman–Crippen LogP) is 4.15. The molecule has 0 aromatic heterocycles. The molecule has 0 saturated heterocycles. The van der Waals surface area contributed by atoms with Gasteiger partial charge in [0.25, 0.3) is 5.91 Å². The van der Waals surface area contributed by atoms with E-state index in [-0.39, 0.29) is 5.91 Å². The Bertz CT molecular complexity index is 704. The first-order valence-corrected chi connectivity index (χ1v) is 8.52. The van der Waals surface area contributed by atoms with Gasteiger partial charge in [-0.3, -0.25) is 4.79 Å². The second-order valence-corrected chi connectivity index (χ2v) is 7.09. The van der Waals surface area contributed by atoms with E-state index >= 15 is 0 Å². The summed E-state index contributed by atoms with van der Waals surface area (Å²) in [4.78, 5) is 17.0. The summed E-state index contributed by atoms with van der Waals surface area (Å²) in [6, 6.07) is 13.9. The summed E-state index contributed by atoms with van der Waals surface area (Å²) >= 11 is 5.72. The summed E-state index contributed by atoms with van der Waals surface area (Å²) in [6.07, 6.45) is 0. The maximum Gasteiger partial charge on any atom is 0.259 e. The molecule has 2 aromatic rings. The first-order valence-electron chi connectivity index (χ1n) is 6.65. The second-order valence-electron chi connectivity index (χ2n) is 4.99. The Morgan fingerprint density at radius 1 is 1.14 bits per heavy atom. The van der Waals surface area contributed by atoms with Gasteiger partial charge >= 0.3 is 0 Å². The summed E-state index contributed by atoms with van der Waals surface area (Å²) in [5.41, 5.74) is 2.78. The van der Waals surface area contributed by atoms with Gasteiger partial charge in [-0.25, -0.2) is 0 Å². The standard InChI is InChI=1S/C16H14BrIN2O/c1-19-8-9-20(15-5-3-2-4-14(15)19)16(21)12-10-11(18)6-7-13(12)17/h2-7,10H,8-9H2,1H3. The topological polar surface area (TPSA) is 23.6 Å². The molecule has 0 spiro atoms. The van der Waals surface area contributed by atoms with Gasteiger partial charge in [-0.15, -0.1) is 0 Å². The largest absolute Gasteiger partial charge is 0.371 e. The van der Waals surface area contributed by atoms with E-state index in [4.69, 9.17) is 0 Å². The maximum absolute atomic E-state index is 12.9. The number of nitrogens with zero attached hydrogens (tertiary/aromatic N) is 2. The number of amides is 1. The molecule has 0 bridgehead atoms. The van der Waals surface area contributed by atoms with Gasteiger partial charge < -0.3 is 9.80 Å². The van der Waals surface area contributed by atoms with Gasteiger partial charge in [-0.05, 0) is 68.9 Å². The number of benzene rings is 2. The molecule has 2 aromatic carbocycles. The molecule has 3 rings (SSSR count). The molecule has 1 heterocycles. The SMILES string of the molecule is CN1CCN(C(=O)c2cc(I)ccc2Br)c2ccccc21. The van der Waals surface area contributed by atoms with Crippen LogP contribution in [-0.2, 0) is 0 Å². The highest BCUT2D eigenvalue weighted by Crippen LogP contribution is 2.33. The zero-order valence-corrected chi connectivity index (χ0v) is 15.3. The van der Waals surface area contributed by atoms with Gasteiger partial charge in [-0.1, -0.05) is 12.1 Å². The third-order valence-electron chi connectivity index (χ3n) is 3.65. The van der Waals surface area contributed by atoms with E-state index in [0.29, 0.717) is 12.1 Å². The Morgan fingerprint density at radius 3 is 2.62 bits per heavy atom. The monoisotopic (exact) mass is 456 g/mol. The van der Waals surface area contributed by atoms with E-state index in [1.165, 1.54) is 0 Å². The smallest absolute Gasteiger partial charge is 0.259 e. The highest BCUT2D eigenvalue weighted by atomic mass is 127. The third-order valence-corrected chi connectivity index (χ3v) is 5.01. The minimum atomic E-state index is 0.0425. The van der Waals surface area contributed by atoms with Crippen molar-refractivity contribution in [2.24, 2.45) is 0 Å². The van der Waals surface area contributed by atoms with E-state index in [1.807, 2.05) is 41.3 Å². The van der Waals surface area contributed by atoms with E-state index in [2.05, 4.69) is 56.5 Å². The number of carbonyl (C=O) groups excluding carboxylic acids is 1. The van der Waals surface area contributed by atoms with Gasteiger partial charge in [-0.2, -0.15) is 0 Å². The molecule has 1 amide bonds. The molecule has 0 radical (unpaired) electrons. The number of hydrogen-bond donors (Lipinski definition) is 0. The first-order chi connectivity index (χ1) is 10.1. The van der Waals surface area contributed by atoms with Crippen molar-refractivity contribution in [3.8, 4) is 0 Å². The quantitative estimate of drug-likeness (QED) is 0.602. The Hall–Kier alpha value is -1.08. The molecule has 1 aliphatic heterocycles. The van der Waals surface area contributed by atoms with Crippen LogP contribution >= 0.6 is 38.5 Å². The Balaban J connectivity index is 2.03. The zero-order valence-electron chi connectivity index (χ0n) is 11.5. The van der Waals surface area contributed by atoms with E-state index in [9.17, 15) is 4.79 Å². The van der Waals surface area contributed by atoms with Gasteiger partial charge in [0, 0.05) is 28.2 Å². The summed E-state index contributed by atoms with van der Waals surface area (Å²) in [5.74, 6) is 0.0425. The van der Waals surface area contributed by atoms with E-state index < -0.39 is 0 Å². The van der Waals surface area contributed by atoms with Crippen LogP contribution in [0.2, 0.25) is 0 Å². The number of hydrogen-bond acceptors (Lipinski definition) is 2. The summed E-state index contributed by atoms with van der Waals surface area (Å²) in [6.45, 7) is 1.54. The average Bonchev–Trinajstić information content (AvgIpc) is 2.50. The van der Waals surface area contributed by atoms with E-state index in [1.54, 1.807) is 0 Å². The minimum absolute atomic E-state index is 0.0425. The molecule has 1 aliphatic rings. The molecule has 0 aliphatic carbocycles. The summed E-state index contributed by atoms with van der Waals surface area (Å²) < 4.78 is 1.89. The second kappa shape index (κ2) is 5.96. The fourth-order valence-electron chi connectivity index (χ4n) is 2.52. The van der Waals surface area contributed by atoms with Crippen LogP contribution in [0.25, 0.3) is 0 Å².